The molecule has 2 rings (SSSR count). The molecule has 9 nitrogen and oxygen atoms in total. The lowest BCUT2D eigenvalue weighted by Crippen LogP contribution is -2.53. The molecule has 0 bridgehead atoms. The van der Waals surface area contributed by atoms with E-state index in [4.69, 9.17) is 14.9 Å². The van der Waals surface area contributed by atoms with Crippen molar-refractivity contribution >= 4 is 24.0 Å². The lowest BCUT2D eigenvalue weighted by molar-refractivity contribution is -0.174. The molecule has 1 aliphatic carbocycles. The minimum atomic E-state index is -1.14. The maximum atomic E-state index is 12.3. The van der Waals surface area contributed by atoms with Crippen molar-refractivity contribution < 1.29 is 29.0 Å². The van der Waals surface area contributed by atoms with E-state index in [1.807, 2.05) is 18.2 Å². The maximum absolute atomic E-state index is 12.3. The number of carbonyl (C=O) groups is 3. The average molecular weight is 448 g/mol. The Balaban J connectivity index is 1.92. The van der Waals surface area contributed by atoms with Gasteiger partial charge in [0.25, 0.3) is 6.29 Å². The zero-order valence-corrected chi connectivity index (χ0v) is 18.9. The lowest BCUT2D eigenvalue weighted by Gasteiger charge is -2.34. The van der Waals surface area contributed by atoms with Crippen LogP contribution in [0.3, 0.4) is 0 Å². The molecule has 2 atom stereocenters. The van der Waals surface area contributed by atoms with E-state index in [1.54, 1.807) is 26.0 Å². The van der Waals surface area contributed by atoms with Crippen molar-refractivity contribution in [3.63, 3.8) is 0 Å². The fourth-order valence-electron chi connectivity index (χ4n) is 3.82. The summed E-state index contributed by atoms with van der Waals surface area (Å²) in [5.74, 6) is -2.37. The molecule has 0 radical (unpaired) electrons. The summed E-state index contributed by atoms with van der Waals surface area (Å²) in [6.07, 6.45) is 2.44. The summed E-state index contributed by atoms with van der Waals surface area (Å²) in [6, 6.07) is 8.14. The number of guanidine groups is 1. The number of amides is 1. The van der Waals surface area contributed by atoms with Gasteiger partial charge in [-0.3, -0.25) is 15.5 Å². The quantitative estimate of drug-likeness (QED) is 0.241. The van der Waals surface area contributed by atoms with Gasteiger partial charge in [0.05, 0.1) is 6.42 Å². The average Bonchev–Trinajstić information content (AvgIpc) is 2.74. The first-order valence-corrected chi connectivity index (χ1v) is 10.9. The second kappa shape index (κ2) is 12.1. The van der Waals surface area contributed by atoms with Crippen LogP contribution >= 0.6 is 0 Å². The predicted molar refractivity (Wildman–Crippen MR) is 118 cm³/mol. The molecule has 1 aromatic rings. The van der Waals surface area contributed by atoms with Crippen LogP contribution in [-0.4, -0.2) is 53.4 Å². The summed E-state index contributed by atoms with van der Waals surface area (Å²) >= 11 is 0. The van der Waals surface area contributed by atoms with Crippen LogP contribution < -0.4 is 5.32 Å². The minimum absolute atomic E-state index is 0.0370. The Labute approximate surface area is 188 Å². The van der Waals surface area contributed by atoms with Crippen LogP contribution in [0.4, 0.5) is 4.79 Å². The SMILES string of the molecule is CC(C)C(OC(=O)Cc1ccccc1)OC(=O)NC(=N)N(C)C(C(=O)O)C1CCCCC1. The molecule has 0 saturated heterocycles. The van der Waals surface area contributed by atoms with Crippen LogP contribution in [0, 0.1) is 17.2 Å². The van der Waals surface area contributed by atoms with Crippen molar-refractivity contribution in [1.29, 1.82) is 5.41 Å². The Morgan fingerprint density at radius 1 is 1.12 bits per heavy atom. The number of ether oxygens (including phenoxy) is 2. The highest BCUT2D eigenvalue weighted by molar-refractivity contribution is 5.94. The van der Waals surface area contributed by atoms with Crippen molar-refractivity contribution in [2.45, 2.75) is 64.7 Å². The highest BCUT2D eigenvalue weighted by Gasteiger charge is 2.35. The predicted octanol–water partition coefficient (Wildman–Crippen LogP) is 3.38. The van der Waals surface area contributed by atoms with Crippen LogP contribution in [0.1, 0.15) is 51.5 Å². The molecule has 176 valence electrons. The second-order valence-corrected chi connectivity index (χ2v) is 8.44. The van der Waals surface area contributed by atoms with E-state index in [0.717, 1.165) is 37.7 Å². The van der Waals surface area contributed by atoms with Crippen molar-refractivity contribution in [2.75, 3.05) is 7.05 Å². The zero-order valence-electron chi connectivity index (χ0n) is 18.9. The number of rotatable bonds is 8. The Hall–Kier alpha value is -3.10. The summed E-state index contributed by atoms with van der Waals surface area (Å²) in [4.78, 5) is 37.6. The number of alkyl carbamates (subject to hydrolysis) is 1. The van der Waals surface area contributed by atoms with Crippen molar-refractivity contribution in [1.82, 2.24) is 10.2 Å². The van der Waals surface area contributed by atoms with Crippen LogP contribution in [0.2, 0.25) is 0 Å². The van der Waals surface area contributed by atoms with Gasteiger partial charge in [-0.05, 0) is 24.3 Å². The van der Waals surface area contributed by atoms with E-state index in [-0.39, 0.29) is 24.2 Å². The topological polar surface area (TPSA) is 129 Å². The van der Waals surface area contributed by atoms with Gasteiger partial charge in [-0.1, -0.05) is 63.4 Å². The third-order valence-corrected chi connectivity index (χ3v) is 5.55. The number of aliphatic carboxylic acids is 1. The minimum Gasteiger partial charge on any atom is -0.480 e. The summed E-state index contributed by atoms with van der Waals surface area (Å²) in [6.45, 7) is 3.46. The summed E-state index contributed by atoms with van der Waals surface area (Å²) in [7, 11) is 1.47. The van der Waals surface area contributed by atoms with Crippen LogP contribution in [0.25, 0.3) is 0 Å². The fourth-order valence-corrected chi connectivity index (χ4v) is 3.82. The molecule has 2 unspecified atom stereocenters. The number of nitrogens with one attached hydrogen (secondary N) is 2. The maximum Gasteiger partial charge on any atom is 0.417 e. The number of esters is 1. The smallest absolute Gasteiger partial charge is 0.417 e. The number of carboxylic acids is 1. The van der Waals surface area contributed by atoms with Crippen LogP contribution in [-0.2, 0) is 25.5 Å². The van der Waals surface area contributed by atoms with E-state index in [9.17, 15) is 19.5 Å². The summed E-state index contributed by atoms with van der Waals surface area (Å²) in [5, 5.41) is 20.1. The molecular weight excluding hydrogens is 414 g/mol. The summed E-state index contributed by atoms with van der Waals surface area (Å²) in [5.41, 5.74) is 0.773. The highest BCUT2D eigenvalue weighted by Crippen LogP contribution is 2.28. The first-order valence-electron chi connectivity index (χ1n) is 10.9. The molecule has 9 heteroatoms. The van der Waals surface area contributed by atoms with Crippen molar-refractivity contribution in [3.8, 4) is 0 Å². The van der Waals surface area contributed by atoms with Gasteiger partial charge in [-0.15, -0.1) is 0 Å². The molecule has 0 heterocycles. The molecule has 1 amide bonds. The van der Waals surface area contributed by atoms with E-state index in [0.29, 0.717) is 0 Å². The number of nitrogens with zero attached hydrogens (tertiary/aromatic N) is 1. The number of carboxylic acid groups (broad SMARTS) is 1. The molecule has 1 fully saturated rings. The Morgan fingerprint density at radius 2 is 1.75 bits per heavy atom. The van der Waals surface area contributed by atoms with Crippen molar-refractivity contribution in [3.05, 3.63) is 35.9 Å². The van der Waals surface area contributed by atoms with E-state index in [1.165, 1.54) is 11.9 Å². The normalized spacial score (nSPS) is 16.0. The molecule has 3 N–H and O–H groups in total. The van der Waals surface area contributed by atoms with Crippen LogP contribution in [0.5, 0.6) is 0 Å². The van der Waals surface area contributed by atoms with Gasteiger partial charge in [-0.2, -0.15) is 0 Å². The molecule has 0 aliphatic heterocycles. The van der Waals surface area contributed by atoms with E-state index < -0.39 is 30.4 Å². The van der Waals surface area contributed by atoms with Crippen molar-refractivity contribution in [2.24, 2.45) is 11.8 Å². The highest BCUT2D eigenvalue weighted by atomic mass is 16.7. The van der Waals surface area contributed by atoms with Gasteiger partial charge >= 0.3 is 18.0 Å². The molecule has 0 spiro atoms. The first-order chi connectivity index (χ1) is 15.2. The lowest BCUT2D eigenvalue weighted by atomic mass is 9.83. The molecule has 1 aliphatic rings. The first kappa shape index (κ1) is 25.2. The molecule has 1 saturated carbocycles. The largest absolute Gasteiger partial charge is 0.480 e. The number of hydrogen-bond acceptors (Lipinski definition) is 6. The second-order valence-electron chi connectivity index (χ2n) is 8.44. The number of hydrogen-bond donors (Lipinski definition) is 3. The van der Waals surface area contributed by atoms with E-state index in [2.05, 4.69) is 5.32 Å². The zero-order chi connectivity index (χ0) is 23.7. The Kier molecular flexibility index (Phi) is 9.49. The molecular formula is C23H33N3O6. The van der Waals surface area contributed by atoms with Gasteiger partial charge in [0.1, 0.15) is 6.04 Å². The van der Waals surface area contributed by atoms with Gasteiger partial charge < -0.3 is 19.5 Å². The number of benzene rings is 1. The Morgan fingerprint density at radius 3 is 2.31 bits per heavy atom. The van der Waals surface area contributed by atoms with Gasteiger partial charge in [-0.25, -0.2) is 9.59 Å². The van der Waals surface area contributed by atoms with Gasteiger partial charge in [0.2, 0.25) is 5.96 Å². The number of likely N-dealkylation sites (N-methyl/N-ethyl adjacent to an activating group) is 1. The monoisotopic (exact) mass is 447 g/mol. The summed E-state index contributed by atoms with van der Waals surface area (Å²) < 4.78 is 10.5. The molecule has 32 heavy (non-hydrogen) atoms. The Bertz CT molecular complexity index is 792. The van der Waals surface area contributed by atoms with Crippen LogP contribution in [0.15, 0.2) is 30.3 Å². The molecule has 0 aromatic heterocycles. The fraction of sp³-hybridized carbons (Fsp3) is 0.565. The standard InChI is InChI=1S/C23H33N3O6/c1-15(2)21(31-18(27)14-16-10-6-4-7-11-16)32-23(30)25-22(24)26(3)19(20(28)29)17-12-8-5-9-13-17/h4,6-7,10-11,15,17,19,21H,5,8-9,12-14H2,1-3H3,(H,28,29)(H2,24,25,30). The third kappa shape index (κ3) is 7.55. The van der Waals surface area contributed by atoms with E-state index >= 15 is 0 Å². The third-order valence-electron chi connectivity index (χ3n) is 5.55. The van der Waals surface area contributed by atoms with Gasteiger partial charge in [0, 0.05) is 13.0 Å². The number of carbonyl (C=O) groups excluding carboxylic acids is 2. The van der Waals surface area contributed by atoms with Gasteiger partial charge in [0.15, 0.2) is 0 Å². The molecule has 1 aromatic carbocycles.